The Kier molecular flexibility index (Phi) is 11.6. The first-order chi connectivity index (χ1) is 19.8. The Morgan fingerprint density at radius 2 is 1.57 bits per heavy atom. The van der Waals surface area contributed by atoms with Crippen LogP contribution in [0.4, 0.5) is 0 Å². The highest BCUT2D eigenvalue weighted by Crippen LogP contribution is 2.53. The van der Waals surface area contributed by atoms with E-state index in [4.69, 9.17) is 4.74 Å². The number of benzene rings is 3. The quantitative estimate of drug-likeness (QED) is 0.144. The maximum absolute atomic E-state index is 7.04. The Morgan fingerprint density at radius 1 is 0.905 bits per heavy atom. The van der Waals surface area contributed by atoms with Crippen molar-refractivity contribution in [2.45, 2.75) is 118 Å². The van der Waals surface area contributed by atoms with Crippen molar-refractivity contribution in [3.8, 4) is 5.75 Å². The molecular weight excluding hydrogens is 529 g/mol. The standard InChI is InChI=1S/C39H56NOP/c1-12-14-22-39(10,42-35-21-20-28(3)23-31(35)26-40-11)34-25-32(37(5,6)7)24-33(38(8,9)29(4)13-2)36(34)41-27-30-18-16-15-17-19-30/h15-21,23-26,29,42H,12-14,22,27H2,1-11H3. The van der Waals surface area contributed by atoms with Gasteiger partial charge in [0.2, 0.25) is 0 Å². The number of aliphatic imine (C=N–C) groups is 1. The van der Waals surface area contributed by atoms with Crippen LogP contribution in [-0.4, -0.2) is 13.3 Å². The zero-order valence-corrected chi connectivity index (χ0v) is 29.3. The Morgan fingerprint density at radius 3 is 2.17 bits per heavy atom. The normalized spacial score (nSPS) is 14.9. The van der Waals surface area contributed by atoms with Crippen molar-refractivity contribution in [2.75, 3.05) is 7.05 Å². The van der Waals surface area contributed by atoms with Gasteiger partial charge in [-0.1, -0.05) is 150 Å². The van der Waals surface area contributed by atoms with Crippen LogP contribution in [0.25, 0.3) is 0 Å². The number of aryl methyl sites for hydroxylation is 1. The van der Waals surface area contributed by atoms with Gasteiger partial charge in [0.1, 0.15) is 12.4 Å². The van der Waals surface area contributed by atoms with E-state index in [1.54, 1.807) is 0 Å². The Bertz CT molecular complexity index is 1330. The van der Waals surface area contributed by atoms with Gasteiger partial charge < -0.3 is 4.74 Å². The highest BCUT2D eigenvalue weighted by atomic mass is 31.1. The summed E-state index contributed by atoms with van der Waals surface area (Å²) in [4.78, 5) is 4.43. The number of hydrogen-bond acceptors (Lipinski definition) is 2. The van der Waals surface area contributed by atoms with Crippen LogP contribution in [0, 0.1) is 12.8 Å². The van der Waals surface area contributed by atoms with Crippen LogP contribution in [-0.2, 0) is 22.6 Å². The van der Waals surface area contributed by atoms with Gasteiger partial charge in [-0.3, -0.25) is 4.99 Å². The summed E-state index contributed by atoms with van der Waals surface area (Å²) >= 11 is 0. The molecule has 42 heavy (non-hydrogen) atoms. The van der Waals surface area contributed by atoms with E-state index in [2.05, 4.69) is 135 Å². The maximum Gasteiger partial charge on any atom is 0.127 e. The maximum atomic E-state index is 7.04. The van der Waals surface area contributed by atoms with Gasteiger partial charge in [0.25, 0.3) is 0 Å². The lowest BCUT2D eigenvalue weighted by molar-refractivity contribution is 0.271. The van der Waals surface area contributed by atoms with E-state index in [1.165, 1.54) is 51.5 Å². The molecule has 3 rings (SSSR count). The molecule has 0 aliphatic heterocycles. The number of hydrogen-bond donors (Lipinski definition) is 0. The van der Waals surface area contributed by atoms with E-state index in [0.29, 0.717) is 21.1 Å². The van der Waals surface area contributed by atoms with Crippen molar-refractivity contribution in [1.29, 1.82) is 0 Å². The van der Waals surface area contributed by atoms with E-state index in [0.717, 1.165) is 18.6 Å². The second-order valence-corrected chi connectivity index (χ2v) is 15.9. The third kappa shape index (κ3) is 8.13. The molecule has 3 aromatic carbocycles. The molecule has 0 aromatic heterocycles. The van der Waals surface area contributed by atoms with Crippen LogP contribution in [0.5, 0.6) is 5.75 Å². The number of unbranched alkanes of at least 4 members (excludes halogenated alkanes) is 1. The molecule has 0 aliphatic carbocycles. The number of nitrogens with zero attached hydrogens (tertiary/aromatic N) is 1. The molecule has 0 radical (unpaired) electrons. The Balaban J connectivity index is 2.36. The lowest BCUT2D eigenvalue weighted by Crippen LogP contribution is -2.30. The van der Waals surface area contributed by atoms with Gasteiger partial charge in [-0.2, -0.15) is 0 Å². The summed E-state index contributed by atoms with van der Waals surface area (Å²) in [5.41, 5.74) is 7.79. The minimum absolute atomic E-state index is 0.0195. The van der Waals surface area contributed by atoms with Gasteiger partial charge in [0.15, 0.2) is 0 Å². The fourth-order valence-corrected chi connectivity index (χ4v) is 7.41. The van der Waals surface area contributed by atoms with Crippen molar-refractivity contribution >= 4 is 20.1 Å². The van der Waals surface area contributed by atoms with Crippen LogP contribution < -0.4 is 10.0 Å². The lowest BCUT2D eigenvalue weighted by Gasteiger charge is -2.40. The van der Waals surface area contributed by atoms with E-state index in [9.17, 15) is 0 Å². The van der Waals surface area contributed by atoms with Crippen molar-refractivity contribution in [3.63, 3.8) is 0 Å². The van der Waals surface area contributed by atoms with Gasteiger partial charge in [-0.25, -0.2) is 0 Å². The summed E-state index contributed by atoms with van der Waals surface area (Å²) in [6.07, 6.45) is 6.61. The highest BCUT2D eigenvalue weighted by molar-refractivity contribution is 7.48. The molecule has 0 saturated heterocycles. The molecule has 0 aliphatic rings. The zero-order valence-electron chi connectivity index (χ0n) is 28.3. The first kappa shape index (κ1) is 34.1. The van der Waals surface area contributed by atoms with Crippen molar-refractivity contribution < 1.29 is 4.74 Å². The molecule has 0 N–H and O–H groups in total. The molecule has 3 aromatic rings. The van der Waals surface area contributed by atoms with Crippen molar-refractivity contribution in [2.24, 2.45) is 10.9 Å². The predicted molar refractivity (Wildman–Crippen MR) is 188 cm³/mol. The van der Waals surface area contributed by atoms with Gasteiger partial charge in [0.05, 0.1) is 0 Å². The summed E-state index contributed by atoms with van der Waals surface area (Å²) in [5, 5.41) is 1.29. The molecule has 2 nitrogen and oxygen atoms in total. The summed E-state index contributed by atoms with van der Waals surface area (Å²) in [5.74, 6) is 1.61. The average molecular weight is 586 g/mol. The monoisotopic (exact) mass is 585 g/mol. The van der Waals surface area contributed by atoms with Gasteiger partial charge in [-0.05, 0) is 58.2 Å². The molecular formula is C39H56NOP. The predicted octanol–water partition coefficient (Wildman–Crippen LogP) is 10.7. The third-order valence-electron chi connectivity index (χ3n) is 9.23. The molecule has 0 amide bonds. The summed E-state index contributed by atoms with van der Waals surface area (Å²) in [7, 11) is 2.46. The molecule has 0 spiro atoms. The average Bonchev–Trinajstić information content (AvgIpc) is 2.95. The topological polar surface area (TPSA) is 21.6 Å². The fraction of sp³-hybridized carbons (Fsp3) is 0.513. The lowest BCUT2D eigenvalue weighted by atomic mass is 9.70. The van der Waals surface area contributed by atoms with Crippen molar-refractivity contribution in [3.05, 3.63) is 94.0 Å². The largest absolute Gasteiger partial charge is 0.488 e. The molecule has 0 fully saturated rings. The SMILES string of the molecule is CCCCC(C)(Pc1ccc(C)cc1C=NC)c1cc(C(C)(C)C)cc(C(C)(C)C(C)CC)c1OCc1ccccc1. The number of rotatable bonds is 13. The Labute approximate surface area is 259 Å². The number of ether oxygens (including phenoxy) is 1. The van der Waals surface area contributed by atoms with Crippen LogP contribution >= 0.6 is 8.58 Å². The van der Waals surface area contributed by atoms with Crippen LogP contribution in [0.2, 0.25) is 0 Å². The Hall–Kier alpha value is -2.44. The van der Waals surface area contributed by atoms with Gasteiger partial charge in [-0.15, -0.1) is 0 Å². The second-order valence-electron chi connectivity index (χ2n) is 14.0. The molecule has 0 saturated carbocycles. The van der Waals surface area contributed by atoms with Crippen LogP contribution in [0.3, 0.4) is 0 Å². The molecule has 0 bridgehead atoms. The minimum Gasteiger partial charge on any atom is -0.488 e. The van der Waals surface area contributed by atoms with Crippen LogP contribution in [0.1, 0.15) is 121 Å². The highest BCUT2D eigenvalue weighted by Gasteiger charge is 2.38. The molecule has 3 heteroatoms. The first-order valence-electron chi connectivity index (χ1n) is 15.9. The molecule has 3 atom stereocenters. The van der Waals surface area contributed by atoms with E-state index in [-0.39, 0.29) is 16.0 Å². The molecule has 228 valence electrons. The first-order valence-corrected chi connectivity index (χ1v) is 16.9. The van der Waals surface area contributed by atoms with Crippen LogP contribution in [0.15, 0.2) is 65.7 Å². The van der Waals surface area contributed by atoms with Crippen molar-refractivity contribution in [1.82, 2.24) is 0 Å². The van der Waals surface area contributed by atoms with Gasteiger partial charge in [0, 0.05) is 29.5 Å². The molecule has 3 unspecified atom stereocenters. The summed E-state index contributed by atoms with van der Waals surface area (Å²) in [6.45, 7) is 24.1. The zero-order chi connectivity index (χ0) is 31.1. The summed E-state index contributed by atoms with van der Waals surface area (Å²) in [6, 6.07) is 22.5. The minimum atomic E-state index is -0.0881. The van der Waals surface area contributed by atoms with Gasteiger partial charge >= 0.3 is 0 Å². The molecule has 0 heterocycles. The van der Waals surface area contributed by atoms with E-state index >= 15 is 0 Å². The summed E-state index contributed by atoms with van der Waals surface area (Å²) < 4.78 is 7.04. The smallest absolute Gasteiger partial charge is 0.127 e. The van der Waals surface area contributed by atoms with E-state index in [1.807, 2.05) is 13.3 Å². The second kappa shape index (κ2) is 14.4. The third-order valence-corrected chi connectivity index (χ3v) is 11.0. The van der Waals surface area contributed by atoms with E-state index < -0.39 is 0 Å². The fourth-order valence-electron chi connectivity index (χ4n) is 5.75.